The number of carbonyl (C=O) groups is 1. The second kappa shape index (κ2) is 25.3. The van der Waals surface area contributed by atoms with Gasteiger partial charge >= 0.3 is 13.1 Å². The Hall–Kier alpha value is -5.19. The third kappa shape index (κ3) is 13.5. The molecule has 9 heteroatoms. The SMILES string of the molecule is CCC(O)(/C=C/c1ccc(C(CC)(CC)c2ccc(B3OC(C)(C)C(C)(C)O3)c(C)c2)cc1C)CC.CCOC(=O)Cc1cnc(-c2ccc(C(CC)(CC)c3ccc(/C=C/C(O)(CC)CC)c(C)c3)cc2C)nc1. The normalized spacial score (nSPS) is 14.9. The maximum atomic E-state index is 11.8. The van der Waals surface area contributed by atoms with Gasteiger partial charge in [0.2, 0.25) is 0 Å². The van der Waals surface area contributed by atoms with Crippen LogP contribution in [0.5, 0.6) is 0 Å². The number of carbonyl (C=O) groups excluding carboxylic acids is 1. The highest BCUT2D eigenvalue weighted by Gasteiger charge is 2.52. The first-order valence-electron chi connectivity index (χ1n) is 28.0. The van der Waals surface area contributed by atoms with Crippen LogP contribution in [0.25, 0.3) is 23.5 Å². The van der Waals surface area contributed by atoms with Crippen LogP contribution in [0, 0.1) is 27.7 Å². The van der Waals surface area contributed by atoms with Gasteiger partial charge in [0.05, 0.1) is 35.4 Å². The van der Waals surface area contributed by atoms with Crippen LogP contribution in [-0.2, 0) is 36.1 Å². The van der Waals surface area contributed by atoms with Crippen LogP contribution in [0.2, 0.25) is 0 Å². The smallest absolute Gasteiger partial charge is 0.466 e. The first-order valence-corrected chi connectivity index (χ1v) is 28.0. The maximum Gasteiger partial charge on any atom is 0.495 e. The van der Waals surface area contributed by atoms with Crippen LogP contribution in [0.4, 0.5) is 0 Å². The third-order valence-electron chi connectivity index (χ3n) is 17.4. The molecule has 1 aromatic heterocycles. The van der Waals surface area contributed by atoms with E-state index in [1.165, 1.54) is 38.9 Å². The second-order valence-corrected chi connectivity index (χ2v) is 22.1. The Morgan fingerprint density at radius 2 is 0.947 bits per heavy atom. The molecule has 0 saturated carbocycles. The summed E-state index contributed by atoms with van der Waals surface area (Å²) < 4.78 is 17.7. The molecule has 4 aromatic carbocycles. The minimum atomic E-state index is -0.758. The standard InChI is InChI=1S/C34H44N2O3.C32H47BO3/c1-8-33(38,9-2)18-17-27-13-14-28(19-24(27)6)34(10-3,11-4)29-15-16-30(25(7)20-29)32-35-22-26(23-36-32)21-31(37)39-12-5;1-11-31(34,12-2)20-19-25-15-16-26(21-23(25)5)32(13-3,14-4)27-17-18-28(24(6)22-27)33-35-29(7,8)30(9,10)36-33/h13-20,22-23,38H,8-12,21H2,1-7H3;15-22,34H,11-14H2,1-10H3/b18-17+;20-19+. The molecule has 2 N–H and O–H groups in total. The highest BCUT2D eigenvalue weighted by molar-refractivity contribution is 6.62. The molecule has 5 aromatic rings. The van der Waals surface area contributed by atoms with Gasteiger partial charge in [-0.05, 0) is 175 Å². The molecule has 1 aliphatic heterocycles. The fourth-order valence-electron chi connectivity index (χ4n) is 10.6. The fraction of sp³-hybridized carbons (Fsp3) is 0.500. The van der Waals surface area contributed by atoms with Gasteiger partial charge in [-0.25, -0.2) is 9.97 Å². The quantitative estimate of drug-likeness (QED) is 0.0552. The highest BCUT2D eigenvalue weighted by Crippen LogP contribution is 2.43. The van der Waals surface area contributed by atoms with Gasteiger partial charge in [-0.15, -0.1) is 0 Å². The number of aliphatic hydroxyl groups is 2. The Bertz CT molecular complexity index is 2740. The molecule has 0 amide bonds. The van der Waals surface area contributed by atoms with E-state index in [-0.39, 0.29) is 41.5 Å². The number of benzene rings is 4. The van der Waals surface area contributed by atoms with E-state index in [1.807, 2.05) is 39.8 Å². The summed E-state index contributed by atoms with van der Waals surface area (Å²) in [5, 5.41) is 21.3. The van der Waals surface area contributed by atoms with Gasteiger partial charge in [-0.3, -0.25) is 4.79 Å². The summed E-state index contributed by atoms with van der Waals surface area (Å²) >= 11 is 0. The number of hydrogen-bond acceptors (Lipinski definition) is 8. The van der Waals surface area contributed by atoms with Crippen molar-refractivity contribution in [2.24, 2.45) is 0 Å². The first-order chi connectivity index (χ1) is 35.4. The van der Waals surface area contributed by atoms with Gasteiger partial charge in [0, 0.05) is 28.8 Å². The minimum Gasteiger partial charge on any atom is -0.466 e. The van der Waals surface area contributed by atoms with E-state index in [2.05, 4.69) is 178 Å². The van der Waals surface area contributed by atoms with E-state index < -0.39 is 11.2 Å². The molecule has 404 valence electrons. The number of aryl methyl sites for hydroxylation is 4. The Morgan fingerprint density at radius 1 is 0.560 bits per heavy atom. The van der Waals surface area contributed by atoms with Crippen LogP contribution in [0.3, 0.4) is 0 Å². The predicted molar refractivity (Wildman–Crippen MR) is 314 cm³/mol. The molecule has 1 fully saturated rings. The number of aromatic nitrogens is 2. The summed E-state index contributed by atoms with van der Waals surface area (Å²) in [5.74, 6) is 0.379. The highest BCUT2D eigenvalue weighted by atomic mass is 16.7. The number of nitrogens with zero attached hydrogens (tertiary/aromatic N) is 2. The molecule has 6 rings (SSSR count). The van der Waals surface area contributed by atoms with E-state index >= 15 is 0 Å². The fourth-order valence-corrected chi connectivity index (χ4v) is 10.6. The summed E-state index contributed by atoms with van der Waals surface area (Å²) in [6.07, 6.45) is 18.4. The lowest BCUT2D eigenvalue weighted by Gasteiger charge is -2.34. The van der Waals surface area contributed by atoms with Gasteiger partial charge in [0.1, 0.15) is 0 Å². The van der Waals surface area contributed by atoms with Crippen LogP contribution >= 0.6 is 0 Å². The zero-order valence-corrected chi connectivity index (χ0v) is 49.0. The molecule has 8 nitrogen and oxygen atoms in total. The van der Waals surface area contributed by atoms with Crippen molar-refractivity contribution in [2.45, 2.75) is 209 Å². The zero-order valence-electron chi connectivity index (χ0n) is 49.0. The molecule has 0 spiro atoms. The van der Waals surface area contributed by atoms with Crippen molar-refractivity contribution >= 4 is 30.7 Å². The lowest BCUT2D eigenvalue weighted by molar-refractivity contribution is -0.142. The largest absolute Gasteiger partial charge is 0.495 e. The average Bonchev–Trinajstić information content (AvgIpc) is 3.62. The average molecular weight is 1020 g/mol. The molecule has 1 saturated heterocycles. The summed E-state index contributed by atoms with van der Waals surface area (Å²) in [7, 11) is -0.347. The molecule has 1 aliphatic rings. The van der Waals surface area contributed by atoms with Crippen molar-refractivity contribution in [1.29, 1.82) is 0 Å². The van der Waals surface area contributed by atoms with Gasteiger partial charge in [0.25, 0.3) is 0 Å². The molecular weight excluding hydrogens is 928 g/mol. The second-order valence-electron chi connectivity index (χ2n) is 22.1. The number of rotatable bonds is 21. The van der Waals surface area contributed by atoms with Crippen molar-refractivity contribution in [3.8, 4) is 11.4 Å². The van der Waals surface area contributed by atoms with E-state index in [9.17, 15) is 15.0 Å². The van der Waals surface area contributed by atoms with Crippen molar-refractivity contribution in [3.63, 3.8) is 0 Å². The molecule has 75 heavy (non-hydrogen) atoms. The van der Waals surface area contributed by atoms with Gasteiger partial charge in [0.15, 0.2) is 5.82 Å². The van der Waals surface area contributed by atoms with Crippen LogP contribution in [0.1, 0.15) is 203 Å². The lowest BCUT2D eigenvalue weighted by atomic mass is 9.68. The molecule has 0 unspecified atom stereocenters. The van der Waals surface area contributed by atoms with Crippen LogP contribution in [0.15, 0.2) is 97.3 Å². The molecular formula is C66H91BN2O6. The topological polar surface area (TPSA) is 111 Å². The first kappa shape index (κ1) is 60.7. The van der Waals surface area contributed by atoms with Crippen molar-refractivity contribution in [3.05, 3.63) is 159 Å². The Labute approximate surface area is 453 Å². The number of hydrogen-bond donors (Lipinski definition) is 2. The number of ether oxygens (including phenoxy) is 1. The van der Waals surface area contributed by atoms with Crippen molar-refractivity contribution in [1.82, 2.24) is 9.97 Å². The summed E-state index contributed by atoms with van der Waals surface area (Å²) in [6.45, 7) is 36.3. The van der Waals surface area contributed by atoms with Gasteiger partial charge < -0.3 is 24.3 Å². The van der Waals surface area contributed by atoms with Crippen molar-refractivity contribution < 1.29 is 29.1 Å². The van der Waals surface area contributed by atoms with Gasteiger partial charge in [-0.1, -0.05) is 158 Å². The predicted octanol–water partition coefficient (Wildman–Crippen LogP) is 14.8. The summed E-state index contributed by atoms with van der Waals surface area (Å²) in [5.41, 5.74) is 12.7. The zero-order chi connectivity index (χ0) is 55.6. The Kier molecular flexibility index (Phi) is 20.5. The summed E-state index contributed by atoms with van der Waals surface area (Å²) in [6, 6.07) is 26.9. The van der Waals surface area contributed by atoms with E-state index in [0.717, 1.165) is 59.0 Å². The Balaban J connectivity index is 0.000000278. The molecule has 0 bridgehead atoms. The third-order valence-corrected chi connectivity index (χ3v) is 17.4. The number of esters is 1. The molecule has 0 atom stereocenters. The van der Waals surface area contributed by atoms with E-state index in [0.29, 0.717) is 38.1 Å². The van der Waals surface area contributed by atoms with Crippen LogP contribution < -0.4 is 5.46 Å². The van der Waals surface area contributed by atoms with Gasteiger partial charge in [-0.2, -0.15) is 0 Å². The van der Waals surface area contributed by atoms with Crippen LogP contribution in [-0.4, -0.2) is 62.3 Å². The van der Waals surface area contributed by atoms with Crippen molar-refractivity contribution in [2.75, 3.05) is 6.61 Å². The summed E-state index contributed by atoms with van der Waals surface area (Å²) in [4.78, 5) is 20.8. The maximum absolute atomic E-state index is 11.8. The molecule has 2 heterocycles. The minimum absolute atomic E-state index is 0.0696. The molecule has 0 radical (unpaired) electrons. The van der Waals surface area contributed by atoms with E-state index in [4.69, 9.17) is 14.0 Å². The molecule has 0 aliphatic carbocycles. The van der Waals surface area contributed by atoms with E-state index in [1.54, 1.807) is 19.3 Å². The lowest BCUT2D eigenvalue weighted by Crippen LogP contribution is -2.41. The Morgan fingerprint density at radius 3 is 1.31 bits per heavy atom. The monoisotopic (exact) mass is 1020 g/mol.